The highest BCUT2D eigenvalue weighted by molar-refractivity contribution is 5.95. The number of carboxylic acids is 2. The molecule has 0 spiro atoms. The number of piperidine rings is 1. The van der Waals surface area contributed by atoms with Gasteiger partial charge in [0.15, 0.2) is 0 Å². The molecule has 2 aromatic rings. The van der Waals surface area contributed by atoms with Crippen molar-refractivity contribution in [3.63, 3.8) is 0 Å². The second-order valence-corrected chi connectivity index (χ2v) is 8.87. The van der Waals surface area contributed by atoms with Crippen molar-refractivity contribution in [2.24, 2.45) is 5.73 Å². The van der Waals surface area contributed by atoms with Crippen LogP contribution in [0.5, 0.6) is 5.75 Å². The summed E-state index contributed by atoms with van der Waals surface area (Å²) in [5, 5.41) is 38.0. The van der Waals surface area contributed by atoms with Crippen molar-refractivity contribution in [2.45, 2.75) is 44.0 Å². The van der Waals surface area contributed by atoms with E-state index in [4.69, 9.17) is 30.9 Å². The Balaban J connectivity index is 0.000000522. The Labute approximate surface area is 236 Å². The van der Waals surface area contributed by atoms with Crippen LogP contribution in [-0.2, 0) is 16.0 Å². The van der Waals surface area contributed by atoms with Gasteiger partial charge in [0.25, 0.3) is 5.91 Å². The highest BCUT2D eigenvalue weighted by Crippen LogP contribution is 2.25. The van der Waals surface area contributed by atoms with Crippen LogP contribution < -0.4 is 16.4 Å². The molecule has 2 aromatic carbocycles. The van der Waals surface area contributed by atoms with Crippen LogP contribution in [0.1, 0.15) is 52.2 Å². The number of aromatic hydroxyl groups is 1. The van der Waals surface area contributed by atoms with Gasteiger partial charge in [0.2, 0.25) is 0 Å². The number of amidine groups is 1. The fourth-order valence-electron chi connectivity index (χ4n) is 3.60. The molecule has 42 heavy (non-hydrogen) atoms. The summed E-state index contributed by atoms with van der Waals surface area (Å²) < 4.78 is 63.5. The first kappa shape index (κ1) is 35.7. The Morgan fingerprint density at radius 3 is 1.83 bits per heavy atom. The quantitative estimate of drug-likeness (QED) is 0.107. The lowest BCUT2D eigenvalue weighted by molar-refractivity contribution is -0.193. The molecule has 1 fully saturated rings. The van der Waals surface area contributed by atoms with Crippen LogP contribution in [0.2, 0.25) is 0 Å². The zero-order valence-corrected chi connectivity index (χ0v) is 22.0. The third-order valence-corrected chi connectivity index (χ3v) is 5.77. The number of amides is 1. The molecule has 16 heteroatoms. The van der Waals surface area contributed by atoms with Crippen LogP contribution in [0, 0.1) is 5.41 Å². The molecule has 1 saturated heterocycles. The molecule has 0 bridgehead atoms. The molecule has 1 aliphatic rings. The standard InChI is InChI=1S/C22H28N4O2.2C2HF3O2/c23-21(24)19-7-8-20(27)18(14-19)2-1-11-26-22(28)17-5-3-15(4-6-17)16-9-12-25-13-10-16;2*3-2(4,5)1(6)7/h3-8,14,16,25,27H,1-2,9-13H2,(H3,23,24)(H,26,28);2*(H,6,7). The van der Waals surface area contributed by atoms with Gasteiger partial charge in [-0.1, -0.05) is 12.1 Å². The number of hydrogen-bond acceptors (Lipinski definition) is 6. The molecule has 1 aliphatic heterocycles. The molecule has 3 rings (SSSR count). The number of nitrogens with two attached hydrogens (primary N) is 1. The van der Waals surface area contributed by atoms with Crippen LogP contribution in [0.25, 0.3) is 0 Å². The summed E-state index contributed by atoms with van der Waals surface area (Å²) >= 11 is 0. The Bertz CT molecular complexity index is 1190. The van der Waals surface area contributed by atoms with E-state index in [1.807, 2.05) is 12.1 Å². The normalized spacial score (nSPS) is 13.5. The summed E-state index contributed by atoms with van der Waals surface area (Å²) in [6.07, 6.45) is -6.60. The second-order valence-electron chi connectivity index (χ2n) is 8.87. The topological polar surface area (TPSA) is 186 Å². The predicted octanol–water partition coefficient (Wildman–Crippen LogP) is 3.77. The monoisotopic (exact) mass is 608 g/mol. The minimum atomic E-state index is -5.08. The van der Waals surface area contributed by atoms with Crippen molar-refractivity contribution in [3.05, 3.63) is 64.7 Å². The van der Waals surface area contributed by atoms with E-state index >= 15 is 0 Å². The minimum absolute atomic E-state index is 0.0255. The number of carbonyl (C=O) groups is 3. The first-order chi connectivity index (χ1) is 19.4. The molecule has 0 aliphatic carbocycles. The van der Waals surface area contributed by atoms with Gasteiger partial charge in [-0.05, 0) is 86.1 Å². The lowest BCUT2D eigenvalue weighted by atomic mass is 9.90. The van der Waals surface area contributed by atoms with Crippen molar-refractivity contribution < 1.29 is 56.0 Å². The molecule has 0 radical (unpaired) electrons. The predicted molar refractivity (Wildman–Crippen MR) is 138 cm³/mol. The van der Waals surface area contributed by atoms with E-state index in [1.165, 1.54) is 5.56 Å². The van der Waals surface area contributed by atoms with E-state index in [1.54, 1.807) is 18.2 Å². The largest absolute Gasteiger partial charge is 0.508 e. The highest BCUT2D eigenvalue weighted by Gasteiger charge is 2.38. The maximum absolute atomic E-state index is 12.3. The fourth-order valence-corrected chi connectivity index (χ4v) is 3.60. The number of benzene rings is 2. The first-order valence-electron chi connectivity index (χ1n) is 12.3. The van der Waals surface area contributed by atoms with Crippen LogP contribution in [0.3, 0.4) is 0 Å². The third kappa shape index (κ3) is 12.9. The van der Waals surface area contributed by atoms with Crippen molar-refractivity contribution in [1.29, 1.82) is 5.41 Å². The molecule has 0 atom stereocenters. The fraction of sp³-hybridized carbons (Fsp3) is 0.385. The number of rotatable bonds is 7. The number of carboxylic acid groups (broad SMARTS) is 2. The van der Waals surface area contributed by atoms with Gasteiger partial charge in [0, 0.05) is 17.7 Å². The SMILES string of the molecule is N=C(N)c1ccc(O)c(CCCNC(=O)c2ccc(C3CCNCC3)cc2)c1.O=C(O)C(F)(F)F.O=C(O)C(F)(F)F. The van der Waals surface area contributed by atoms with E-state index in [0.29, 0.717) is 36.4 Å². The van der Waals surface area contributed by atoms with Crippen molar-refractivity contribution in [2.75, 3.05) is 19.6 Å². The summed E-state index contributed by atoms with van der Waals surface area (Å²) in [6, 6.07) is 12.8. The van der Waals surface area contributed by atoms with E-state index in [9.17, 15) is 36.2 Å². The number of hydrogen-bond donors (Lipinski definition) is 7. The Kier molecular flexibility index (Phi) is 13.8. The van der Waals surface area contributed by atoms with E-state index in [0.717, 1.165) is 31.5 Å². The lowest BCUT2D eigenvalue weighted by Gasteiger charge is -2.23. The van der Waals surface area contributed by atoms with Crippen LogP contribution >= 0.6 is 0 Å². The Morgan fingerprint density at radius 1 is 0.905 bits per heavy atom. The molecule has 1 heterocycles. The summed E-state index contributed by atoms with van der Waals surface area (Å²) in [6.45, 7) is 2.62. The third-order valence-electron chi connectivity index (χ3n) is 5.77. The smallest absolute Gasteiger partial charge is 0.490 e. The Hall–Kier alpha value is -4.34. The molecular weight excluding hydrogens is 578 g/mol. The number of aliphatic carboxylic acids is 2. The highest BCUT2D eigenvalue weighted by atomic mass is 19.4. The summed E-state index contributed by atoms with van der Waals surface area (Å²) in [5.74, 6) is -4.86. The number of aryl methyl sites for hydroxylation is 1. The number of phenolic OH excluding ortho intramolecular Hbond substituents is 1. The molecule has 0 unspecified atom stereocenters. The van der Waals surface area contributed by atoms with Gasteiger partial charge >= 0.3 is 24.3 Å². The summed E-state index contributed by atoms with van der Waals surface area (Å²) in [7, 11) is 0. The number of alkyl halides is 6. The van der Waals surface area contributed by atoms with Gasteiger partial charge < -0.3 is 31.7 Å². The van der Waals surface area contributed by atoms with Gasteiger partial charge in [-0.3, -0.25) is 10.2 Å². The molecule has 232 valence electrons. The molecular formula is C26H30F6N4O6. The van der Waals surface area contributed by atoms with E-state index < -0.39 is 24.3 Å². The van der Waals surface area contributed by atoms with Crippen molar-refractivity contribution in [3.8, 4) is 5.75 Å². The lowest BCUT2D eigenvalue weighted by Crippen LogP contribution is -2.27. The molecule has 0 saturated carbocycles. The Morgan fingerprint density at radius 2 is 1.38 bits per heavy atom. The number of nitrogens with one attached hydrogen (secondary N) is 3. The molecule has 10 nitrogen and oxygen atoms in total. The first-order valence-corrected chi connectivity index (χ1v) is 12.3. The average Bonchev–Trinajstić information content (AvgIpc) is 2.92. The zero-order valence-electron chi connectivity index (χ0n) is 22.0. The number of phenols is 1. The minimum Gasteiger partial charge on any atom is -0.508 e. The van der Waals surface area contributed by atoms with Gasteiger partial charge in [-0.2, -0.15) is 26.3 Å². The van der Waals surface area contributed by atoms with Gasteiger partial charge in [-0.25, -0.2) is 9.59 Å². The molecule has 8 N–H and O–H groups in total. The number of nitrogen functional groups attached to an aromatic ring is 1. The maximum atomic E-state index is 12.3. The van der Waals surface area contributed by atoms with Gasteiger partial charge in [0.05, 0.1) is 0 Å². The number of carbonyl (C=O) groups excluding carboxylic acids is 1. The average molecular weight is 609 g/mol. The van der Waals surface area contributed by atoms with Crippen molar-refractivity contribution in [1.82, 2.24) is 10.6 Å². The van der Waals surface area contributed by atoms with Crippen LogP contribution in [0.15, 0.2) is 42.5 Å². The van der Waals surface area contributed by atoms with Gasteiger partial charge in [0.1, 0.15) is 11.6 Å². The summed E-state index contributed by atoms with van der Waals surface area (Å²) in [5.41, 5.74) is 8.78. The van der Waals surface area contributed by atoms with E-state index in [2.05, 4.69) is 22.8 Å². The van der Waals surface area contributed by atoms with Crippen molar-refractivity contribution >= 4 is 23.7 Å². The molecule has 1 amide bonds. The van der Waals surface area contributed by atoms with Crippen LogP contribution in [-0.4, -0.2) is 71.0 Å². The zero-order chi connectivity index (χ0) is 32.1. The van der Waals surface area contributed by atoms with E-state index in [-0.39, 0.29) is 17.5 Å². The molecule has 0 aromatic heterocycles. The number of halogens is 6. The summed E-state index contributed by atoms with van der Waals surface area (Å²) in [4.78, 5) is 30.1. The van der Waals surface area contributed by atoms with Crippen LogP contribution in [0.4, 0.5) is 26.3 Å². The second kappa shape index (κ2) is 16.2. The maximum Gasteiger partial charge on any atom is 0.490 e. The van der Waals surface area contributed by atoms with Gasteiger partial charge in [-0.15, -0.1) is 0 Å².